The van der Waals surface area contributed by atoms with Crippen molar-refractivity contribution in [2.75, 3.05) is 11.9 Å². The van der Waals surface area contributed by atoms with Crippen LogP contribution in [0.2, 0.25) is 0 Å². The summed E-state index contributed by atoms with van der Waals surface area (Å²) in [6.07, 6.45) is 3.73. The van der Waals surface area contributed by atoms with E-state index in [1.165, 1.54) is 0 Å². The largest absolute Gasteiger partial charge is 0.344 e. The van der Waals surface area contributed by atoms with Crippen LogP contribution in [0.1, 0.15) is 31.0 Å². The molecule has 1 N–H and O–H groups in total. The molecule has 0 atom stereocenters. The molecule has 1 aliphatic heterocycles. The van der Waals surface area contributed by atoms with Gasteiger partial charge in [0.25, 0.3) is 11.1 Å². The maximum absolute atomic E-state index is 12.9. The summed E-state index contributed by atoms with van der Waals surface area (Å²) in [5, 5.41) is 3.31. The van der Waals surface area contributed by atoms with Gasteiger partial charge in [0.1, 0.15) is 6.54 Å². The zero-order chi connectivity index (χ0) is 22.1. The van der Waals surface area contributed by atoms with Crippen LogP contribution in [0.25, 0.3) is 17.0 Å². The van der Waals surface area contributed by atoms with E-state index in [9.17, 15) is 14.4 Å². The van der Waals surface area contributed by atoms with Crippen molar-refractivity contribution in [2.24, 2.45) is 0 Å². The third-order valence-corrected chi connectivity index (χ3v) is 6.00. The number of fused-ring (bicyclic) bond motifs is 1. The average Bonchev–Trinajstić information content (AvgIpc) is 3.21. The first-order valence-electron chi connectivity index (χ1n) is 10.0. The molecule has 0 radical (unpaired) electrons. The Labute approximate surface area is 184 Å². The number of amides is 3. The molecule has 31 heavy (non-hydrogen) atoms. The van der Waals surface area contributed by atoms with Gasteiger partial charge in [0.05, 0.1) is 4.91 Å². The molecule has 0 bridgehead atoms. The normalized spacial score (nSPS) is 15.5. The lowest BCUT2D eigenvalue weighted by molar-refractivity contribution is -0.127. The van der Waals surface area contributed by atoms with Crippen molar-refractivity contribution < 1.29 is 14.4 Å². The molecule has 3 aromatic rings. The second-order valence-electron chi connectivity index (χ2n) is 7.79. The topological polar surface area (TPSA) is 71.4 Å². The van der Waals surface area contributed by atoms with E-state index < -0.39 is 17.1 Å². The van der Waals surface area contributed by atoms with Crippen LogP contribution in [0.15, 0.2) is 59.6 Å². The molecule has 158 valence electrons. The highest BCUT2D eigenvalue weighted by molar-refractivity contribution is 8.18. The lowest BCUT2D eigenvalue weighted by Gasteiger charge is -2.12. The fraction of sp³-hybridized carbons (Fsp3) is 0.208. The Balaban J connectivity index is 1.55. The number of anilines is 1. The maximum atomic E-state index is 12.9. The van der Waals surface area contributed by atoms with Gasteiger partial charge in [0.15, 0.2) is 0 Å². The smallest absolute Gasteiger partial charge is 0.294 e. The Bertz CT molecular complexity index is 1230. The summed E-state index contributed by atoms with van der Waals surface area (Å²) in [4.78, 5) is 39.0. The van der Waals surface area contributed by atoms with Crippen LogP contribution in [0, 0.1) is 6.92 Å². The van der Waals surface area contributed by atoms with Gasteiger partial charge in [-0.1, -0.05) is 30.3 Å². The number of hydrogen-bond donors (Lipinski definition) is 1. The van der Waals surface area contributed by atoms with Crippen molar-refractivity contribution >= 4 is 51.5 Å². The highest BCUT2D eigenvalue weighted by Gasteiger charge is 2.36. The molecule has 0 spiro atoms. The van der Waals surface area contributed by atoms with Gasteiger partial charge in [-0.05, 0) is 62.4 Å². The van der Waals surface area contributed by atoms with Crippen LogP contribution < -0.4 is 5.32 Å². The molecule has 4 rings (SSSR count). The molecule has 1 aromatic heterocycles. The average molecular weight is 434 g/mol. The van der Waals surface area contributed by atoms with Gasteiger partial charge in [0, 0.05) is 34.4 Å². The first-order valence-corrected chi connectivity index (χ1v) is 10.9. The van der Waals surface area contributed by atoms with Crippen molar-refractivity contribution in [1.82, 2.24) is 9.47 Å². The molecule has 0 unspecified atom stereocenters. The molecule has 1 saturated heterocycles. The number of aryl methyl sites for hydroxylation is 1. The number of hydrogen-bond acceptors (Lipinski definition) is 4. The molecule has 1 aliphatic rings. The summed E-state index contributed by atoms with van der Waals surface area (Å²) in [7, 11) is 0. The highest BCUT2D eigenvalue weighted by Crippen LogP contribution is 2.34. The zero-order valence-corrected chi connectivity index (χ0v) is 18.4. The number of aromatic nitrogens is 1. The number of thioether (sulfide) groups is 1. The fourth-order valence-electron chi connectivity index (χ4n) is 3.62. The van der Waals surface area contributed by atoms with E-state index in [4.69, 9.17) is 0 Å². The van der Waals surface area contributed by atoms with Crippen LogP contribution in [-0.4, -0.2) is 33.1 Å². The van der Waals surface area contributed by atoms with Crippen LogP contribution in [-0.2, 0) is 9.59 Å². The van der Waals surface area contributed by atoms with E-state index >= 15 is 0 Å². The molecule has 2 heterocycles. The van der Waals surface area contributed by atoms with Crippen molar-refractivity contribution in [3.8, 4) is 0 Å². The Morgan fingerprint density at radius 3 is 2.65 bits per heavy atom. The van der Waals surface area contributed by atoms with Gasteiger partial charge < -0.3 is 9.88 Å². The van der Waals surface area contributed by atoms with Gasteiger partial charge in [0.2, 0.25) is 5.91 Å². The predicted octanol–water partition coefficient (Wildman–Crippen LogP) is 5.21. The van der Waals surface area contributed by atoms with E-state index in [2.05, 4.69) is 23.7 Å². The Morgan fingerprint density at radius 1 is 1.13 bits per heavy atom. The van der Waals surface area contributed by atoms with Gasteiger partial charge >= 0.3 is 0 Å². The minimum atomic E-state index is -0.448. The third kappa shape index (κ3) is 4.27. The Kier molecular flexibility index (Phi) is 5.69. The fourth-order valence-corrected chi connectivity index (χ4v) is 4.45. The molecular formula is C24H23N3O3S. The molecule has 6 nitrogen and oxygen atoms in total. The Morgan fingerprint density at radius 2 is 1.90 bits per heavy atom. The second-order valence-corrected chi connectivity index (χ2v) is 8.78. The van der Waals surface area contributed by atoms with E-state index in [1.54, 1.807) is 12.1 Å². The maximum Gasteiger partial charge on any atom is 0.294 e. The quantitative estimate of drug-likeness (QED) is 0.561. The Hall–Kier alpha value is -3.32. The van der Waals surface area contributed by atoms with Crippen molar-refractivity contribution in [3.05, 3.63) is 70.8 Å². The molecule has 0 aliphatic carbocycles. The summed E-state index contributed by atoms with van der Waals surface area (Å²) < 4.78 is 2.14. The minimum absolute atomic E-state index is 0.257. The number of rotatable bonds is 5. The van der Waals surface area contributed by atoms with Crippen molar-refractivity contribution in [3.63, 3.8) is 0 Å². The molecule has 3 amide bonds. The number of imide groups is 1. The van der Waals surface area contributed by atoms with Crippen LogP contribution >= 0.6 is 11.8 Å². The second kappa shape index (κ2) is 8.43. The summed E-state index contributed by atoms with van der Waals surface area (Å²) in [5.41, 5.74) is 3.58. The van der Waals surface area contributed by atoms with Crippen LogP contribution in [0.4, 0.5) is 10.5 Å². The molecular weight excluding hydrogens is 410 g/mol. The van der Waals surface area contributed by atoms with Crippen molar-refractivity contribution in [1.29, 1.82) is 0 Å². The van der Waals surface area contributed by atoms with E-state index in [-0.39, 0.29) is 12.6 Å². The summed E-state index contributed by atoms with van der Waals surface area (Å²) in [5.74, 6) is -0.860. The van der Waals surface area contributed by atoms with E-state index in [1.807, 2.05) is 55.6 Å². The van der Waals surface area contributed by atoms with E-state index in [0.717, 1.165) is 38.7 Å². The lowest BCUT2D eigenvalue weighted by Crippen LogP contribution is -2.36. The number of para-hydroxylation sites is 1. The summed E-state index contributed by atoms with van der Waals surface area (Å²) in [6.45, 7) is 5.80. The number of benzene rings is 2. The zero-order valence-electron chi connectivity index (χ0n) is 17.6. The SMILES string of the molecule is Cc1cccc(NC(=O)CN2C(=O)SC(=Cc3cn(C(C)C)c4ccccc34)C2=O)c1. The highest BCUT2D eigenvalue weighted by atomic mass is 32.2. The van der Waals surface area contributed by atoms with Gasteiger partial charge in [-0.3, -0.25) is 19.3 Å². The minimum Gasteiger partial charge on any atom is -0.344 e. The number of carbonyl (C=O) groups is 3. The van der Waals surface area contributed by atoms with Crippen molar-refractivity contribution in [2.45, 2.75) is 26.8 Å². The summed E-state index contributed by atoms with van der Waals surface area (Å²) >= 11 is 0.863. The molecule has 2 aromatic carbocycles. The van der Waals surface area contributed by atoms with Crippen LogP contribution in [0.3, 0.4) is 0 Å². The van der Waals surface area contributed by atoms with Gasteiger partial charge in [-0.2, -0.15) is 0 Å². The molecule has 7 heteroatoms. The number of nitrogens with zero attached hydrogens (tertiary/aromatic N) is 2. The van der Waals surface area contributed by atoms with Gasteiger partial charge in [-0.15, -0.1) is 0 Å². The monoisotopic (exact) mass is 433 g/mol. The third-order valence-electron chi connectivity index (χ3n) is 5.09. The predicted molar refractivity (Wildman–Crippen MR) is 125 cm³/mol. The first-order chi connectivity index (χ1) is 14.8. The number of nitrogens with one attached hydrogen (secondary N) is 1. The van der Waals surface area contributed by atoms with Crippen LogP contribution in [0.5, 0.6) is 0 Å². The van der Waals surface area contributed by atoms with E-state index in [0.29, 0.717) is 10.6 Å². The molecule has 0 saturated carbocycles. The summed E-state index contributed by atoms with van der Waals surface area (Å²) in [6, 6.07) is 15.6. The van der Waals surface area contributed by atoms with Gasteiger partial charge in [-0.25, -0.2) is 0 Å². The standard InChI is InChI=1S/C24H23N3O3S/c1-15(2)26-13-17(19-9-4-5-10-20(19)26)12-21-23(29)27(24(30)31-21)14-22(28)25-18-8-6-7-16(3)11-18/h4-13,15H,14H2,1-3H3,(H,25,28). The molecule has 1 fully saturated rings. The first kappa shape index (κ1) is 20.9. The number of carbonyl (C=O) groups excluding carboxylic acids is 3. The lowest BCUT2D eigenvalue weighted by atomic mass is 10.1.